The van der Waals surface area contributed by atoms with Crippen LogP contribution in [0.3, 0.4) is 0 Å². The van der Waals surface area contributed by atoms with E-state index < -0.39 is 0 Å². The van der Waals surface area contributed by atoms with Crippen molar-refractivity contribution in [2.24, 2.45) is 0 Å². The van der Waals surface area contributed by atoms with E-state index in [1.165, 1.54) is 11.3 Å². The first-order chi connectivity index (χ1) is 8.04. The molecule has 0 bridgehead atoms. The van der Waals surface area contributed by atoms with Gasteiger partial charge in [-0.1, -0.05) is 6.92 Å². The van der Waals surface area contributed by atoms with E-state index in [4.69, 9.17) is 10.5 Å². The van der Waals surface area contributed by atoms with Crippen molar-refractivity contribution in [3.63, 3.8) is 0 Å². The van der Waals surface area contributed by atoms with Crippen LogP contribution < -0.4 is 21.1 Å². The number of anilines is 2. The minimum atomic E-state index is -0.192. The van der Waals surface area contributed by atoms with Gasteiger partial charge in [0.1, 0.15) is 15.6 Å². The molecule has 1 aromatic rings. The van der Waals surface area contributed by atoms with Gasteiger partial charge in [-0.15, -0.1) is 11.3 Å². The second-order valence-electron chi connectivity index (χ2n) is 3.74. The summed E-state index contributed by atoms with van der Waals surface area (Å²) in [7, 11) is 3.13. The maximum atomic E-state index is 11.6. The molecule has 0 spiro atoms. The molecule has 1 amide bonds. The molecule has 0 aliphatic carbocycles. The lowest BCUT2D eigenvalue weighted by molar-refractivity contribution is 0.0967. The fraction of sp³-hybridized carbons (Fsp3) is 0.545. The molecule has 1 heterocycles. The topological polar surface area (TPSA) is 76.4 Å². The van der Waals surface area contributed by atoms with Crippen LogP contribution in [0.4, 0.5) is 10.7 Å². The normalized spacial score (nSPS) is 12.0. The van der Waals surface area contributed by atoms with Crippen molar-refractivity contribution < 1.29 is 9.53 Å². The number of hydrogen-bond acceptors (Lipinski definition) is 5. The zero-order valence-corrected chi connectivity index (χ0v) is 11.4. The Balaban J connectivity index is 3.09. The van der Waals surface area contributed by atoms with Gasteiger partial charge < -0.3 is 21.1 Å². The lowest BCUT2D eigenvalue weighted by atomic mass is 10.2. The second kappa shape index (κ2) is 5.77. The second-order valence-corrected chi connectivity index (χ2v) is 4.76. The quantitative estimate of drug-likeness (QED) is 0.753. The first-order valence-electron chi connectivity index (χ1n) is 5.49. The van der Waals surface area contributed by atoms with E-state index in [2.05, 4.69) is 24.5 Å². The van der Waals surface area contributed by atoms with Gasteiger partial charge in [-0.25, -0.2) is 0 Å². The van der Waals surface area contributed by atoms with E-state index in [9.17, 15) is 4.79 Å². The van der Waals surface area contributed by atoms with E-state index in [1.807, 2.05) is 0 Å². The number of hydrogen-bond donors (Lipinski definition) is 3. The molecule has 4 N–H and O–H groups in total. The summed E-state index contributed by atoms with van der Waals surface area (Å²) in [5, 5.41) is 6.65. The fourth-order valence-corrected chi connectivity index (χ4v) is 2.48. The predicted octanol–water partition coefficient (Wildman–Crippen LogP) is 1.91. The number of amides is 1. The molecule has 0 aliphatic heterocycles. The molecule has 1 rings (SSSR count). The molecule has 1 aromatic heterocycles. The molecule has 1 atom stereocenters. The van der Waals surface area contributed by atoms with Gasteiger partial charge in [0.15, 0.2) is 5.75 Å². The van der Waals surface area contributed by atoms with Crippen molar-refractivity contribution in [1.29, 1.82) is 0 Å². The summed E-state index contributed by atoms with van der Waals surface area (Å²) in [4.78, 5) is 12.1. The van der Waals surface area contributed by atoms with Gasteiger partial charge in [0.05, 0.1) is 7.11 Å². The van der Waals surface area contributed by atoms with E-state index in [1.54, 1.807) is 14.2 Å². The van der Waals surface area contributed by atoms with Crippen LogP contribution in [0.2, 0.25) is 0 Å². The number of nitrogens with two attached hydrogens (primary N) is 1. The molecule has 17 heavy (non-hydrogen) atoms. The van der Waals surface area contributed by atoms with Crippen molar-refractivity contribution in [3.05, 3.63) is 4.88 Å². The lowest BCUT2D eigenvalue weighted by Crippen LogP contribution is -2.17. The molecule has 0 aromatic carbocycles. The Labute approximate surface area is 105 Å². The van der Waals surface area contributed by atoms with Crippen LogP contribution in [0.5, 0.6) is 5.75 Å². The third kappa shape index (κ3) is 2.82. The van der Waals surface area contributed by atoms with Crippen LogP contribution in [0.1, 0.15) is 29.9 Å². The summed E-state index contributed by atoms with van der Waals surface area (Å²) in [6, 6.07) is 0.305. The van der Waals surface area contributed by atoms with Crippen LogP contribution in [0.15, 0.2) is 0 Å². The highest BCUT2D eigenvalue weighted by molar-refractivity contribution is 7.19. The van der Waals surface area contributed by atoms with Gasteiger partial charge in [-0.05, 0) is 13.3 Å². The Morgan fingerprint density at radius 3 is 2.71 bits per heavy atom. The summed E-state index contributed by atoms with van der Waals surface area (Å²) >= 11 is 1.31. The molecule has 0 radical (unpaired) electrons. The molecule has 1 unspecified atom stereocenters. The van der Waals surface area contributed by atoms with E-state index in [0.29, 0.717) is 22.4 Å². The highest BCUT2D eigenvalue weighted by Crippen LogP contribution is 2.42. The Morgan fingerprint density at radius 2 is 2.24 bits per heavy atom. The Bertz CT molecular complexity index is 404. The summed E-state index contributed by atoms with van der Waals surface area (Å²) in [6.45, 7) is 4.15. The Kier molecular flexibility index (Phi) is 4.62. The number of ether oxygens (including phenoxy) is 1. The number of carbonyl (C=O) groups is 1. The molecular weight excluding hydrogens is 238 g/mol. The summed E-state index contributed by atoms with van der Waals surface area (Å²) < 4.78 is 5.24. The summed E-state index contributed by atoms with van der Waals surface area (Å²) in [6.07, 6.45) is 0.982. The molecule has 0 saturated carbocycles. The monoisotopic (exact) mass is 257 g/mol. The van der Waals surface area contributed by atoms with E-state index >= 15 is 0 Å². The third-order valence-electron chi connectivity index (χ3n) is 2.53. The summed E-state index contributed by atoms with van der Waals surface area (Å²) in [5.41, 5.74) is 6.28. The number of rotatable bonds is 5. The molecular formula is C11H19N3O2S. The zero-order chi connectivity index (χ0) is 13.0. The molecule has 0 fully saturated rings. The number of carbonyl (C=O) groups excluding carboxylic acids is 1. The van der Waals surface area contributed by atoms with Crippen LogP contribution in [0.25, 0.3) is 0 Å². The van der Waals surface area contributed by atoms with Gasteiger partial charge in [0, 0.05) is 13.1 Å². The largest absolute Gasteiger partial charge is 0.492 e. The number of nitrogens with one attached hydrogen (secondary N) is 2. The lowest BCUT2D eigenvalue weighted by Gasteiger charge is -2.12. The Hall–Kier alpha value is -1.43. The molecule has 96 valence electrons. The van der Waals surface area contributed by atoms with Crippen molar-refractivity contribution >= 4 is 27.9 Å². The van der Waals surface area contributed by atoms with Gasteiger partial charge in [-0.3, -0.25) is 4.79 Å². The van der Waals surface area contributed by atoms with Crippen molar-refractivity contribution in [3.8, 4) is 5.75 Å². The maximum absolute atomic E-state index is 11.6. The van der Waals surface area contributed by atoms with Gasteiger partial charge in [-0.2, -0.15) is 0 Å². The van der Waals surface area contributed by atoms with Crippen molar-refractivity contribution in [2.75, 3.05) is 25.2 Å². The number of methoxy groups -OCH3 is 1. The van der Waals surface area contributed by atoms with Crippen LogP contribution >= 0.6 is 11.3 Å². The van der Waals surface area contributed by atoms with Crippen LogP contribution in [0, 0.1) is 0 Å². The first-order valence-corrected chi connectivity index (χ1v) is 6.31. The fourth-order valence-electron chi connectivity index (χ4n) is 1.33. The molecule has 5 nitrogen and oxygen atoms in total. The minimum Gasteiger partial charge on any atom is -0.492 e. The van der Waals surface area contributed by atoms with E-state index in [-0.39, 0.29) is 5.91 Å². The van der Waals surface area contributed by atoms with Gasteiger partial charge in [0.2, 0.25) is 0 Å². The van der Waals surface area contributed by atoms with Crippen molar-refractivity contribution in [1.82, 2.24) is 5.32 Å². The zero-order valence-electron chi connectivity index (χ0n) is 10.6. The van der Waals surface area contributed by atoms with Crippen molar-refractivity contribution in [2.45, 2.75) is 26.3 Å². The smallest absolute Gasteiger partial charge is 0.263 e. The average molecular weight is 257 g/mol. The maximum Gasteiger partial charge on any atom is 0.263 e. The summed E-state index contributed by atoms with van der Waals surface area (Å²) in [5.74, 6) is 0.358. The van der Waals surface area contributed by atoms with Gasteiger partial charge >= 0.3 is 0 Å². The first kappa shape index (κ1) is 13.6. The Morgan fingerprint density at radius 1 is 1.59 bits per heavy atom. The molecule has 0 saturated heterocycles. The average Bonchev–Trinajstić information content (AvgIpc) is 2.64. The SMILES string of the molecule is CCC(C)Nc1sc(C(=O)NC)c(N)c1OC. The molecule has 0 aliphatic rings. The highest BCUT2D eigenvalue weighted by Gasteiger charge is 2.21. The molecule has 6 heteroatoms. The standard InChI is InChI=1S/C11H19N3O2S/c1-5-6(2)14-11-8(16-4)7(12)9(17-11)10(15)13-3/h6,14H,5,12H2,1-4H3,(H,13,15). The number of thiophene rings is 1. The van der Waals surface area contributed by atoms with Gasteiger partial charge in [0.25, 0.3) is 5.91 Å². The minimum absolute atomic E-state index is 0.192. The number of nitrogen functional groups attached to an aromatic ring is 1. The predicted molar refractivity (Wildman–Crippen MR) is 72.0 cm³/mol. The van der Waals surface area contributed by atoms with Crippen LogP contribution in [-0.4, -0.2) is 26.1 Å². The van der Waals surface area contributed by atoms with E-state index in [0.717, 1.165) is 11.4 Å². The van der Waals surface area contributed by atoms with Crippen LogP contribution in [-0.2, 0) is 0 Å². The highest BCUT2D eigenvalue weighted by atomic mass is 32.1. The third-order valence-corrected chi connectivity index (χ3v) is 3.64.